The van der Waals surface area contributed by atoms with Crippen molar-refractivity contribution in [2.75, 3.05) is 13.1 Å². The molecule has 2 unspecified atom stereocenters. The number of halogens is 1. The third-order valence-electron chi connectivity index (χ3n) is 2.87. The second kappa shape index (κ2) is 6.15. The van der Waals surface area contributed by atoms with Gasteiger partial charge in [-0.1, -0.05) is 0 Å². The fourth-order valence-corrected chi connectivity index (χ4v) is 3.48. The maximum atomic E-state index is 5.75. The number of ether oxygens (including phenoxy) is 1. The van der Waals surface area contributed by atoms with E-state index in [0.717, 1.165) is 19.5 Å². The molecule has 1 fully saturated rings. The largest absolute Gasteiger partial charge is 0.374 e. The highest BCUT2D eigenvalue weighted by Gasteiger charge is 2.20. The Balaban J connectivity index is 1.58. The van der Waals surface area contributed by atoms with Crippen LogP contribution in [0.25, 0.3) is 0 Å². The number of hydrogen-bond acceptors (Lipinski definition) is 3. The van der Waals surface area contributed by atoms with Crippen molar-refractivity contribution in [2.45, 2.75) is 38.4 Å². The normalized spacial score (nSPS) is 25.1. The summed E-state index contributed by atoms with van der Waals surface area (Å²) in [5.74, 6) is 0. The van der Waals surface area contributed by atoms with Crippen molar-refractivity contribution >= 4 is 27.3 Å². The summed E-state index contributed by atoms with van der Waals surface area (Å²) in [4.78, 5) is 1.43. The summed E-state index contributed by atoms with van der Waals surface area (Å²) < 4.78 is 6.97. The Morgan fingerprint density at radius 2 is 2.38 bits per heavy atom. The Morgan fingerprint density at radius 1 is 1.50 bits per heavy atom. The number of rotatable bonds is 5. The second-order valence-corrected chi connectivity index (χ2v) is 6.85. The minimum absolute atomic E-state index is 0.435. The molecule has 2 heterocycles. The van der Waals surface area contributed by atoms with Crippen molar-refractivity contribution < 1.29 is 4.74 Å². The fraction of sp³-hybridized carbons (Fsp3) is 0.667. The third-order valence-corrected chi connectivity index (χ3v) is 4.55. The van der Waals surface area contributed by atoms with E-state index in [0.29, 0.717) is 12.2 Å². The monoisotopic (exact) mass is 303 g/mol. The molecule has 1 aromatic rings. The molecular weight excluding hydrogens is 286 g/mol. The lowest BCUT2D eigenvalue weighted by molar-refractivity contribution is 0.0562. The highest BCUT2D eigenvalue weighted by atomic mass is 79.9. The first-order valence-corrected chi connectivity index (χ1v) is 7.45. The molecule has 0 aliphatic carbocycles. The van der Waals surface area contributed by atoms with Gasteiger partial charge in [0.25, 0.3) is 0 Å². The van der Waals surface area contributed by atoms with E-state index < -0.39 is 0 Å². The molecule has 0 aromatic carbocycles. The van der Waals surface area contributed by atoms with Gasteiger partial charge in [-0.15, -0.1) is 11.3 Å². The highest BCUT2D eigenvalue weighted by Crippen LogP contribution is 2.22. The molecule has 16 heavy (non-hydrogen) atoms. The summed E-state index contributed by atoms with van der Waals surface area (Å²) in [5, 5.41) is 3.47. The summed E-state index contributed by atoms with van der Waals surface area (Å²) in [6.45, 7) is 4.20. The lowest BCUT2D eigenvalue weighted by Gasteiger charge is -2.11. The standard InChI is InChI=1S/C12H18BrNOS/c1-9-2-3-10(15-9)8-14-7-6-11-4-5-12(13)16-11/h4-5,9-10,14H,2-3,6-8H2,1H3. The van der Waals surface area contributed by atoms with E-state index in [1.54, 1.807) is 0 Å². The van der Waals surface area contributed by atoms with Gasteiger partial charge in [0.15, 0.2) is 0 Å². The van der Waals surface area contributed by atoms with E-state index in [2.05, 4.69) is 40.3 Å². The number of thiophene rings is 1. The first kappa shape index (κ1) is 12.6. The van der Waals surface area contributed by atoms with Crippen LogP contribution in [0.1, 0.15) is 24.6 Å². The van der Waals surface area contributed by atoms with Crippen molar-refractivity contribution in [3.8, 4) is 0 Å². The van der Waals surface area contributed by atoms with Gasteiger partial charge in [-0.05, 0) is 54.2 Å². The lowest BCUT2D eigenvalue weighted by Crippen LogP contribution is -2.28. The maximum absolute atomic E-state index is 5.75. The molecule has 1 aliphatic rings. The Bertz CT molecular complexity index is 329. The van der Waals surface area contributed by atoms with Gasteiger partial charge in [-0.2, -0.15) is 0 Å². The van der Waals surface area contributed by atoms with E-state index in [4.69, 9.17) is 4.74 Å². The molecule has 2 rings (SSSR count). The minimum Gasteiger partial charge on any atom is -0.374 e. The van der Waals surface area contributed by atoms with Gasteiger partial charge in [-0.25, -0.2) is 0 Å². The van der Waals surface area contributed by atoms with Crippen molar-refractivity contribution in [3.05, 3.63) is 20.8 Å². The molecule has 0 radical (unpaired) electrons. The van der Waals surface area contributed by atoms with Crippen molar-refractivity contribution in [3.63, 3.8) is 0 Å². The molecular formula is C12H18BrNOS. The Morgan fingerprint density at radius 3 is 3.00 bits per heavy atom. The van der Waals surface area contributed by atoms with Crippen molar-refractivity contribution in [1.82, 2.24) is 5.32 Å². The molecule has 0 saturated carbocycles. The van der Waals surface area contributed by atoms with Crippen LogP contribution >= 0.6 is 27.3 Å². The zero-order valence-corrected chi connectivity index (χ0v) is 11.9. The van der Waals surface area contributed by atoms with E-state index in [9.17, 15) is 0 Å². The number of nitrogens with one attached hydrogen (secondary N) is 1. The van der Waals surface area contributed by atoms with Gasteiger partial charge in [0.1, 0.15) is 0 Å². The first-order chi connectivity index (χ1) is 7.74. The van der Waals surface area contributed by atoms with Crippen LogP contribution in [-0.2, 0) is 11.2 Å². The van der Waals surface area contributed by atoms with Crippen LogP contribution in [0.5, 0.6) is 0 Å². The Labute approximate surface area is 110 Å². The van der Waals surface area contributed by atoms with Gasteiger partial charge in [0.2, 0.25) is 0 Å². The Hall–Kier alpha value is 0.1000. The first-order valence-electron chi connectivity index (χ1n) is 5.84. The molecule has 1 aromatic heterocycles. The zero-order chi connectivity index (χ0) is 11.4. The van der Waals surface area contributed by atoms with Gasteiger partial charge in [0, 0.05) is 18.0 Å². The van der Waals surface area contributed by atoms with Gasteiger partial charge in [-0.3, -0.25) is 0 Å². The fourth-order valence-electron chi connectivity index (χ4n) is 2.00. The molecule has 0 bridgehead atoms. The summed E-state index contributed by atoms with van der Waals surface area (Å²) in [6, 6.07) is 4.30. The van der Waals surface area contributed by atoms with Crippen molar-refractivity contribution in [2.24, 2.45) is 0 Å². The molecule has 90 valence electrons. The average molecular weight is 304 g/mol. The third kappa shape index (κ3) is 3.84. The summed E-state index contributed by atoms with van der Waals surface area (Å²) >= 11 is 5.30. The SMILES string of the molecule is CC1CCC(CNCCc2ccc(Br)s2)O1. The zero-order valence-electron chi connectivity index (χ0n) is 9.54. The molecule has 0 spiro atoms. The predicted octanol–water partition coefficient (Wildman–Crippen LogP) is 3.21. The molecule has 1 aliphatic heterocycles. The topological polar surface area (TPSA) is 21.3 Å². The van der Waals surface area contributed by atoms with Crippen LogP contribution in [0.2, 0.25) is 0 Å². The minimum atomic E-state index is 0.435. The van der Waals surface area contributed by atoms with Crippen molar-refractivity contribution in [1.29, 1.82) is 0 Å². The average Bonchev–Trinajstić information content (AvgIpc) is 2.83. The smallest absolute Gasteiger partial charge is 0.0704 e. The predicted molar refractivity (Wildman–Crippen MR) is 72.2 cm³/mol. The van der Waals surface area contributed by atoms with Gasteiger partial charge in [0.05, 0.1) is 16.0 Å². The van der Waals surface area contributed by atoms with E-state index in [-0.39, 0.29) is 0 Å². The maximum Gasteiger partial charge on any atom is 0.0704 e. The molecule has 2 nitrogen and oxygen atoms in total. The summed E-state index contributed by atoms with van der Waals surface area (Å²) in [6.07, 6.45) is 4.42. The lowest BCUT2D eigenvalue weighted by atomic mass is 10.2. The molecule has 1 N–H and O–H groups in total. The summed E-state index contributed by atoms with van der Waals surface area (Å²) in [5.41, 5.74) is 0. The summed E-state index contributed by atoms with van der Waals surface area (Å²) in [7, 11) is 0. The van der Waals surface area contributed by atoms with E-state index in [1.165, 1.54) is 21.5 Å². The van der Waals surface area contributed by atoms with Crippen LogP contribution in [0, 0.1) is 0 Å². The van der Waals surface area contributed by atoms with E-state index in [1.807, 2.05) is 11.3 Å². The van der Waals surface area contributed by atoms with E-state index >= 15 is 0 Å². The quantitative estimate of drug-likeness (QED) is 0.844. The van der Waals surface area contributed by atoms with Crippen LogP contribution in [0.3, 0.4) is 0 Å². The number of hydrogen-bond donors (Lipinski definition) is 1. The second-order valence-electron chi connectivity index (χ2n) is 4.31. The Kier molecular flexibility index (Phi) is 4.82. The molecule has 0 amide bonds. The van der Waals surface area contributed by atoms with Crippen LogP contribution in [0.15, 0.2) is 15.9 Å². The van der Waals surface area contributed by atoms with Crippen LogP contribution in [-0.4, -0.2) is 25.3 Å². The highest BCUT2D eigenvalue weighted by molar-refractivity contribution is 9.11. The molecule has 4 heteroatoms. The van der Waals surface area contributed by atoms with Gasteiger partial charge < -0.3 is 10.1 Å². The molecule has 1 saturated heterocycles. The van der Waals surface area contributed by atoms with Gasteiger partial charge >= 0.3 is 0 Å². The van der Waals surface area contributed by atoms with Crippen LogP contribution < -0.4 is 5.32 Å². The van der Waals surface area contributed by atoms with Crippen LogP contribution in [0.4, 0.5) is 0 Å². The molecule has 2 atom stereocenters.